The van der Waals surface area contributed by atoms with Crippen molar-refractivity contribution >= 4 is 22.6 Å². The van der Waals surface area contributed by atoms with Gasteiger partial charge in [-0.2, -0.15) is 0 Å². The van der Waals surface area contributed by atoms with E-state index in [0.717, 1.165) is 42.4 Å². The monoisotopic (exact) mass is 314 g/mol. The number of anilines is 1. The highest BCUT2D eigenvalue weighted by molar-refractivity contribution is 5.88. The van der Waals surface area contributed by atoms with Gasteiger partial charge in [-0.25, -0.2) is 9.97 Å². The summed E-state index contributed by atoms with van der Waals surface area (Å²) in [5.74, 6) is 0.793. The van der Waals surface area contributed by atoms with Gasteiger partial charge in [0.1, 0.15) is 12.1 Å². The first-order chi connectivity index (χ1) is 11.2. The van der Waals surface area contributed by atoms with E-state index in [4.69, 9.17) is 0 Å². The molecule has 1 aromatic heterocycles. The maximum Gasteiger partial charge on any atom is 0.221 e. The molecule has 2 aromatic rings. The Balaban J connectivity index is 1.48. The standard InChI is InChI=1S/C17H22N4O2/c22-13-7-5-12(6-8-13)21-16(23)9-10-18-17-14-3-1-2-4-15(14)19-11-20-17/h1-4,11-13,22H,5-10H2,(H,21,23)(H,18,19,20). The number of amides is 1. The van der Waals surface area contributed by atoms with E-state index in [1.165, 1.54) is 6.33 Å². The Hall–Kier alpha value is -2.21. The summed E-state index contributed by atoms with van der Waals surface area (Å²) in [6, 6.07) is 7.98. The maximum absolute atomic E-state index is 12.0. The second kappa shape index (κ2) is 7.37. The first-order valence-corrected chi connectivity index (χ1v) is 8.13. The normalized spacial score (nSPS) is 21.1. The molecule has 1 heterocycles. The Morgan fingerprint density at radius 2 is 1.96 bits per heavy atom. The molecule has 1 aliphatic rings. The Morgan fingerprint density at radius 3 is 2.78 bits per heavy atom. The van der Waals surface area contributed by atoms with Crippen LogP contribution in [0.4, 0.5) is 5.82 Å². The van der Waals surface area contributed by atoms with Crippen LogP contribution in [0.1, 0.15) is 32.1 Å². The van der Waals surface area contributed by atoms with Gasteiger partial charge in [-0.15, -0.1) is 0 Å². The Kier molecular flexibility index (Phi) is 5.02. The Bertz CT molecular complexity index is 663. The lowest BCUT2D eigenvalue weighted by Gasteiger charge is -2.26. The van der Waals surface area contributed by atoms with Crippen LogP contribution in [0.5, 0.6) is 0 Å². The van der Waals surface area contributed by atoms with Gasteiger partial charge in [0.05, 0.1) is 11.6 Å². The van der Waals surface area contributed by atoms with Crippen LogP contribution in [-0.4, -0.2) is 39.7 Å². The zero-order valence-corrected chi connectivity index (χ0v) is 13.0. The predicted molar refractivity (Wildman–Crippen MR) is 89.1 cm³/mol. The van der Waals surface area contributed by atoms with Crippen molar-refractivity contribution in [1.82, 2.24) is 15.3 Å². The van der Waals surface area contributed by atoms with E-state index in [9.17, 15) is 9.90 Å². The lowest BCUT2D eigenvalue weighted by atomic mass is 9.93. The first-order valence-electron chi connectivity index (χ1n) is 8.13. The van der Waals surface area contributed by atoms with E-state index < -0.39 is 0 Å². The minimum Gasteiger partial charge on any atom is -0.393 e. The molecule has 0 aliphatic heterocycles. The number of fused-ring (bicyclic) bond motifs is 1. The van der Waals surface area contributed by atoms with Crippen LogP contribution in [0.25, 0.3) is 10.9 Å². The molecule has 122 valence electrons. The fourth-order valence-electron chi connectivity index (χ4n) is 2.96. The zero-order chi connectivity index (χ0) is 16.1. The molecule has 0 unspecified atom stereocenters. The van der Waals surface area contributed by atoms with Crippen LogP contribution >= 0.6 is 0 Å². The number of para-hydroxylation sites is 1. The molecule has 3 rings (SSSR count). The molecule has 23 heavy (non-hydrogen) atoms. The Labute approximate surface area is 135 Å². The molecule has 0 atom stereocenters. The van der Waals surface area contributed by atoms with Gasteiger partial charge in [-0.05, 0) is 37.8 Å². The van der Waals surface area contributed by atoms with E-state index in [1.807, 2.05) is 24.3 Å². The van der Waals surface area contributed by atoms with Gasteiger partial charge in [-0.1, -0.05) is 12.1 Å². The van der Waals surface area contributed by atoms with Crippen LogP contribution in [0.3, 0.4) is 0 Å². The SMILES string of the molecule is O=C(CCNc1ncnc2ccccc12)NC1CCC(O)CC1. The van der Waals surface area contributed by atoms with Crippen LogP contribution in [0, 0.1) is 0 Å². The molecule has 1 amide bonds. The van der Waals surface area contributed by atoms with Crippen molar-refractivity contribution in [2.75, 3.05) is 11.9 Å². The average Bonchev–Trinajstić information content (AvgIpc) is 2.57. The number of rotatable bonds is 5. The summed E-state index contributed by atoms with van der Waals surface area (Å²) >= 11 is 0. The van der Waals surface area contributed by atoms with Crippen LogP contribution in [-0.2, 0) is 4.79 Å². The van der Waals surface area contributed by atoms with E-state index in [-0.39, 0.29) is 18.1 Å². The largest absolute Gasteiger partial charge is 0.393 e. The molecular formula is C17H22N4O2. The summed E-state index contributed by atoms with van der Waals surface area (Å²) in [7, 11) is 0. The van der Waals surface area contributed by atoms with Crippen molar-refractivity contribution in [3.05, 3.63) is 30.6 Å². The summed E-state index contributed by atoms with van der Waals surface area (Å²) in [5.41, 5.74) is 0.884. The van der Waals surface area contributed by atoms with Gasteiger partial charge in [0, 0.05) is 24.4 Å². The highest BCUT2D eigenvalue weighted by Crippen LogP contribution is 2.19. The van der Waals surface area contributed by atoms with Gasteiger partial charge in [0.25, 0.3) is 0 Å². The number of aliphatic hydroxyl groups excluding tert-OH is 1. The molecule has 1 aliphatic carbocycles. The van der Waals surface area contributed by atoms with Crippen molar-refractivity contribution in [2.24, 2.45) is 0 Å². The van der Waals surface area contributed by atoms with Gasteiger partial charge in [-0.3, -0.25) is 4.79 Å². The summed E-state index contributed by atoms with van der Waals surface area (Å²) in [6.07, 6.45) is 4.99. The molecule has 1 saturated carbocycles. The third-order valence-electron chi connectivity index (χ3n) is 4.25. The molecule has 0 spiro atoms. The second-order valence-electron chi connectivity index (χ2n) is 5.99. The lowest BCUT2D eigenvalue weighted by molar-refractivity contribution is -0.121. The van der Waals surface area contributed by atoms with E-state index in [2.05, 4.69) is 20.6 Å². The molecule has 1 fully saturated rings. The zero-order valence-electron chi connectivity index (χ0n) is 13.0. The fraction of sp³-hybridized carbons (Fsp3) is 0.471. The van der Waals surface area contributed by atoms with Crippen LogP contribution in [0.15, 0.2) is 30.6 Å². The predicted octanol–water partition coefficient (Wildman–Crippen LogP) is 1.85. The highest BCUT2D eigenvalue weighted by atomic mass is 16.3. The molecule has 0 saturated heterocycles. The number of carbonyl (C=O) groups excluding carboxylic acids is 1. The van der Waals surface area contributed by atoms with Gasteiger partial charge in [0.15, 0.2) is 0 Å². The topological polar surface area (TPSA) is 87.1 Å². The summed E-state index contributed by atoms with van der Waals surface area (Å²) in [6.45, 7) is 0.530. The third kappa shape index (κ3) is 4.16. The quantitative estimate of drug-likeness (QED) is 0.784. The number of aromatic nitrogens is 2. The number of benzene rings is 1. The molecule has 6 nitrogen and oxygen atoms in total. The average molecular weight is 314 g/mol. The van der Waals surface area contributed by atoms with Crippen molar-refractivity contribution in [1.29, 1.82) is 0 Å². The smallest absolute Gasteiger partial charge is 0.221 e. The maximum atomic E-state index is 12.0. The number of hydrogen-bond acceptors (Lipinski definition) is 5. The first kappa shape index (κ1) is 15.7. The van der Waals surface area contributed by atoms with E-state index >= 15 is 0 Å². The van der Waals surface area contributed by atoms with Gasteiger partial charge >= 0.3 is 0 Å². The molecule has 6 heteroatoms. The molecule has 0 bridgehead atoms. The van der Waals surface area contributed by atoms with Crippen molar-refractivity contribution in [2.45, 2.75) is 44.2 Å². The van der Waals surface area contributed by atoms with Crippen LogP contribution < -0.4 is 10.6 Å². The van der Waals surface area contributed by atoms with Crippen molar-refractivity contribution in [3.8, 4) is 0 Å². The third-order valence-corrected chi connectivity index (χ3v) is 4.25. The lowest BCUT2D eigenvalue weighted by Crippen LogP contribution is -2.39. The number of nitrogens with one attached hydrogen (secondary N) is 2. The molecule has 1 aromatic carbocycles. The van der Waals surface area contributed by atoms with E-state index in [0.29, 0.717) is 13.0 Å². The van der Waals surface area contributed by atoms with Crippen molar-refractivity contribution < 1.29 is 9.90 Å². The molecular weight excluding hydrogens is 292 g/mol. The van der Waals surface area contributed by atoms with E-state index in [1.54, 1.807) is 0 Å². The summed E-state index contributed by atoms with van der Waals surface area (Å²) in [5, 5.41) is 16.7. The second-order valence-corrected chi connectivity index (χ2v) is 5.99. The van der Waals surface area contributed by atoms with Gasteiger partial charge < -0.3 is 15.7 Å². The Morgan fingerprint density at radius 1 is 1.17 bits per heavy atom. The number of nitrogens with zero attached hydrogens (tertiary/aromatic N) is 2. The minimum atomic E-state index is -0.198. The molecule has 3 N–H and O–H groups in total. The number of aliphatic hydroxyl groups is 1. The molecule has 0 radical (unpaired) electrons. The minimum absolute atomic E-state index is 0.0391. The van der Waals surface area contributed by atoms with Gasteiger partial charge in [0.2, 0.25) is 5.91 Å². The summed E-state index contributed by atoms with van der Waals surface area (Å²) in [4.78, 5) is 20.5. The number of hydrogen-bond donors (Lipinski definition) is 3. The highest BCUT2D eigenvalue weighted by Gasteiger charge is 2.20. The number of carbonyl (C=O) groups is 1. The van der Waals surface area contributed by atoms with Crippen LogP contribution in [0.2, 0.25) is 0 Å². The van der Waals surface area contributed by atoms with Crippen molar-refractivity contribution in [3.63, 3.8) is 0 Å². The fourth-order valence-corrected chi connectivity index (χ4v) is 2.96. The summed E-state index contributed by atoms with van der Waals surface area (Å²) < 4.78 is 0.